The zero-order valence-electron chi connectivity index (χ0n) is 15.3. The van der Waals surface area contributed by atoms with Crippen molar-refractivity contribution in [3.05, 3.63) is 24.0 Å². The molecule has 0 spiro atoms. The predicted molar refractivity (Wildman–Crippen MR) is 98.3 cm³/mol. The monoisotopic (exact) mass is 394 g/mol. The Kier molecular flexibility index (Phi) is 5.98. The third-order valence-electron chi connectivity index (χ3n) is 4.94. The molecule has 0 aromatic heterocycles. The standard InChI is InChI=1S/C18H23FN4O5/c19-14-9-12(23-10-13(28-18(23)27)2-4-16(20)25)1-3-15(14)21-5-7-22(8-6-21)17(26)11-24/h1,3,9,13,24H,2,4-8,10-11H2,(H2,20,25). The van der Waals surface area contributed by atoms with E-state index in [1.165, 1.54) is 15.9 Å². The number of hydrogen-bond donors (Lipinski definition) is 2. The molecule has 1 aromatic rings. The van der Waals surface area contributed by atoms with Crippen LogP contribution in [-0.4, -0.2) is 73.3 Å². The molecule has 28 heavy (non-hydrogen) atoms. The van der Waals surface area contributed by atoms with E-state index < -0.39 is 30.5 Å². The van der Waals surface area contributed by atoms with Gasteiger partial charge in [0.05, 0.1) is 17.9 Å². The van der Waals surface area contributed by atoms with Gasteiger partial charge >= 0.3 is 6.09 Å². The first-order chi connectivity index (χ1) is 13.4. The summed E-state index contributed by atoms with van der Waals surface area (Å²) in [7, 11) is 0. The van der Waals surface area contributed by atoms with Crippen LogP contribution in [0.25, 0.3) is 0 Å². The molecule has 3 amide bonds. The molecule has 2 aliphatic heterocycles. The Labute approximate surface area is 161 Å². The minimum Gasteiger partial charge on any atom is -0.444 e. The van der Waals surface area contributed by atoms with E-state index in [2.05, 4.69) is 0 Å². The van der Waals surface area contributed by atoms with Crippen molar-refractivity contribution in [2.24, 2.45) is 5.73 Å². The second kappa shape index (κ2) is 8.42. The summed E-state index contributed by atoms with van der Waals surface area (Å²) >= 11 is 0. The SMILES string of the molecule is NC(=O)CCC1CN(c2ccc(N3CCN(C(=O)CO)CC3)c(F)c2)C(=O)O1. The van der Waals surface area contributed by atoms with Gasteiger partial charge in [0.15, 0.2) is 0 Å². The Morgan fingerprint density at radius 3 is 2.57 bits per heavy atom. The van der Waals surface area contributed by atoms with Crippen molar-refractivity contribution in [1.82, 2.24) is 4.90 Å². The summed E-state index contributed by atoms with van der Waals surface area (Å²) in [6.07, 6.45) is -0.601. The van der Waals surface area contributed by atoms with Gasteiger partial charge in [0.1, 0.15) is 18.5 Å². The number of carbonyl (C=O) groups excluding carboxylic acids is 3. The summed E-state index contributed by atoms with van der Waals surface area (Å²) in [4.78, 5) is 39.1. The van der Waals surface area contributed by atoms with Crippen molar-refractivity contribution in [1.29, 1.82) is 0 Å². The third-order valence-corrected chi connectivity index (χ3v) is 4.94. The van der Waals surface area contributed by atoms with Gasteiger partial charge in [0, 0.05) is 32.6 Å². The van der Waals surface area contributed by atoms with Gasteiger partial charge in [-0.15, -0.1) is 0 Å². The van der Waals surface area contributed by atoms with Gasteiger partial charge in [0.25, 0.3) is 0 Å². The van der Waals surface area contributed by atoms with Crippen LogP contribution in [0.4, 0.5) is 20.6 Å². The quantitative estimate of drug-likeness (QED) is 0.705. The van der Waals surface area contributed by atoms with E-state index in [1.807, 2.05) is 4.90 Å². The number of nitrogens with two attached hydrogens (primary N) is 1. The number of amides is 3. The van der Waals surface area contributed by atoms with E-state index in [-0.39, 0.29) is 18.9 Å². The lowest BCUT2D eigenvalue weighted by molar-refractivity contribution is -0.134. The molecule has 2 heterocycles. The van der Waals surface area contributed by atoms with Crippen molar-refractivity contribution < 1.29 is 28.6 Å². The third kappa shape index (κ3) is 4.33. The highest BCUT2D eigenvalue weighted by atomic mass is 19.1. The molecule has 0 bridgehead atoms. The number of cyclic esters (lactones) is 1. The molecule has 0 saturated carbocycles. The lowest BCUT2D eigenvalue weighted by Gasteiger charge is -2.36. The number of carbonyl (C=O) groups is 3. The van der Waals surface area contributed by atoms with Crippen LogP contribution in [0.1, 0.15) is 12.8 Å². The van der Waals surface area contributed by atoms with Crippen LogP contribution in [0.5, 0.6) is 0 Å². The van der Waals surface area contributed by atoms with E-state index >= 15 is 0 Å². The van der Waals surface area contributed by atoms with Gasteiger partial charge in [-0.25, -0.2) is 9.18 Å². The van der Waals surface area contributed by atoms with Crippen LogP contribution in [-0.2, 0) is 14.3 Å². The maximum atomic E-state index is 14.7. The molecular formula is C18H23FN4O5. The fraction of sp³-hybridized carbons (Fsp3) is 0.500. The number of hydrogen-bond acceptors (Lipinski definition) is 6. The summed E-state index contributed by atoms with van der Waals surface area (Å²) < 4.78 is 19.9. The van der Waals surface area contributed by atoms with Gasteiger partial charge < -0.3 is 25.4 Å². The van der Waals surface area contributed by atoms with Crippen LogP contribution in [0.2, 0.25) is 0 Å². The molecule has 1 atom stereocenters. The minimum absolute atomic E-state index is 0.115. The molecule has 3 rings (SSSR count). The topological polar surface area (TPSA) is 116 Å². The van der Waals surface area contributed by atoms with Gasteiger partial charge in [-0.3, -0.25) is 14.5 Å². The number of ether oxygens (including phenoxy) is 1. The summed E-state index contributed by atoms with van der Waals surface area (Å²) in [5.74, 6) is -1.28. The van der Waals surface area contributed by atoms with Crippen molar-refractivity contribution in [2.45, 2.75) is 18.9 Å². The van der Waals surface area contributed by atoms with Crippen LogP contribution in [0.15, 0.2) is 18.2 Å². The summed E-state index contributed by atoms with van der Waals surface area (Å²) in [6, 6.07) is 4.51. The highest BCUT2D eigenvalue weighted by molar-refractivity contribution is 5.90. The number of primary amides is 1. The molecule has 3 N–H and O–H groups in total. The number of aliphatic hydroxyl groups is 1. The van der Waals surface area contributed by atoms with Crippen molar-refractivity contribution in [3.63, 3.8) is 0 Å². The molecule has 1 unspecified atom stereocenters. The Hall–Kier alpha value is -2.88. The molecule has 0 radical (unpaired) electrons. The Morgan fingerprint density at radius 1 is 1.25 bits per heavy atom. The zero-order valence-corrected chi connectivity index (χ0v) is 15.3. The molecule has 0 aliphatic carbocycles. The normalized spacial score (nSPS) is 19.7. The van der Waals surface area contributed by atoms with Crippen LogP contribution in [0, 0.1) is 5.82 Å². The molecule has 2 saturated heterocycles. The van der Waals surface area contributed by atoms with Gasteiger partial charge in [-0.1, -0.05) is 0 Å². The van der Waals surface area contributed by atoms with E-state index in [4.69, 9.17) is 15.6 Å². The minimum atomic E-state index is -0.585. The van der Waals surface area contributed by atoms with E-state index in [1.54, 1.807) is 12.1 Å². The average molecular weight is 394 g/mol. The first kappa shape index (κ1) is 19.9. The number of rotatable bonds is 6. The molecular weight excluding hydrogens is 371 g/mol. The first-order valence-corrected chi connectivity index (χ1v) is 9.08. The highest BCUT2D eigenvalue weighted by Crippen LogP contribution is 2.29. The van der Waals surface area contributed by atoms with Crippen LogP contribution in [0.3, 0.4) is 0 Å². The molecule has 1 aromatic carbocycles. The molecule has 2 aliphatic rings. The molecule has 2 fully saturated rings. The van der Waals surface area contributed by atoms with Crippen molar-refractivity contribution in [3.8, 4) is 0 Å². The van der Waals surface area contributed by atoms with Crippen molar-refractivity contribution in [2.75, 3.05) is 49.1 Å². The Balaban J connectivity index is 1.64. The van der Waals surface area contributed by atoms with Crippen molar-refractivity contribution >= 4 is 29.3 Å². The predicted octanol–water partition coefficient (Wildman–Crippen LogP) is 0.0573. The van der Waals surface area contributed by atoms with Gasteiger partial charge in [-0.05, 0) is 24.6 Å². The summed E-state index contributed by atoms with van der Waals surface area (Å²) in [5, 5.41) is 8.92. The molecule has 9 nitrogen and oxygen atoms in total. The lowest BCUT2D eigenvalue weighted by Crippen LogP contribution is -2.49. The number of halogens is 1. The number of aliphatic hydroxyl groups excluding tert-OH is 1. The molecule has 152 valence electrons. The maximum Gasteiger partial charge on any atom is 0.414 e. The van der Waals surface area contributed by atoms with Gasteiger partial charge in [0.2, 0.25) is 11.8 Å². The highest BCUT2D eigenvalue weighted by Gasteiger charge is 2.33. The average Bonchev–Trinajstić information content (AvgIpc) is 3.06. The number of benzene rings is 1. The fourth-order valence-electron chi connectivity index (χ4n) is 3.40. The Bertz CT molecular complexity index is 766. The Morgan fingerprint density at radius 2 is 1.96 bits per heavy atom. The summed E-state index contributed by atoms with van der Waals surface area (Å²) in [5.41, 5.74) is 5.87. The molecule has 10 heteroatoms. The van der Waals surface area contributed by atoms with Crippen LogP contribution >= 0.6 is 0 Å². The fourth-order valence-corrected chi connectivity index (χ4v) is 3.40. The smallest absolute Gasteiger partial charge is 0.414 e. The van der Waals surface area contributed by atoms with E-state index in [0.29, 0.717) is 44.0 Å². The van der Waals surface area contributed by atoms with E-state index in [0.717, 1.165) is 0 Å². The van der Waals surface area contributed by atoms with E-state index in [9.17, 15) is 18.8 Å². The lowest BCUT2D eigenvalue weighted by atomic mass is 10.1. The maximum absolute atomic E-state index is 14.7. The van der Waals surface area contributed by atoms with Crippen LogP contribution < -0.4 is 15.5 Å². The zero-order chi connectivity index (χ0) is 20.3. The largest absolute Gasteiger partial charge is 0.444 e. The number of anilines is 2. The second-order valence-electron chi connectivity index (χ2n) is 6.78. The number of piperazine rings is 1. The number of nitrogens with zero attached hydrogens (tertiary/aromatic N) is 3. The second-order valence-corrected chi connectivity index (χ2v) is 6.78. The summed E-state index contributed by atoms with van der Waals surface area (Å²) in [6.45, 7) is 1.40. The van der Waals surface area contributed by atoms with Gasteiger partial charge in [-0.2, -0.15) is 0 Å². The first-order valence-electron chi connectivity index (χ1n) is 9.08.